The summed E-state index contributed by atoms with van der Waals surface area (Å²) in [5.41, 5.74) is 1.55. The van der Waals surface area contributed by atoms with Gasteiger partial charge in [-0.05, 0) is 18.1 Å². The predicted molar refractivity (Wildman–Crippen MR) is 101 cm³/mol. The fourth-order valence-corrected chi connectivity index (χ4v) is 3.54. The van der Waals surface area contributed by atoms with Crippen LogP contribution in [0.25, 0.3) is 22.4 Å². The monoisotopic (exact) mass is 405 g/mol. The molecule has 0 saturated carbocycles. The van der Waals surface area contributed by atoms with Crippen LogP contribution in [-0.2, 0) is 17.3 Å². The van der Waals surface area contributed by atoms with Gasteiger partial charge in [-0.2, -0.15) is 5.10 Å². The van der Waals surface area contributed by atoms with Gasteiger partial charge in [-0.3, -0.25) is 4.79 Å². The predicted octanol–water partition coefficient (Wildman–Crippen LogP) is 3.74. The Labute approximate surface area is 165 Å². The number of alkyl halides is 2. The first-order valence-electron chi connectivity index (χ1n) is 8.87. The van der Waals surface area contributed by atoms with E-state index in [1.807, 2.05) is 0 Å². The highest BCUT2D eigenvalue weighted by Crippen LogP contribution is 2.35. The van der Waals surface area contributed by atoms with Crippen molar-refractivity contribution in [1.82, 2.24) is 24.6 Å². The number of halogens is 3. The van der Waals surface area contributed by atoms with E-state index in [1.165, 1.54) is 29.2 Å². The van der Waals surface area contributed by atoms with Crippen molar-refractivity contribution in [3.05, 3.63) is 41.2 Å². The molecule has 1 aliphatic heterocycles. The molecule has 0 bridgehead atoms. The van der Waals surface area contributed by atoms with Gasteiger partial charge in [0.25, 0.3) is 5.92 Å². The molecular formula is C19H18ClF2N5O. The molecule has 0 atom stereocenters. The molecular weight excluding hydrogens is 388 g/mol. The van der Waals surface area contributed by atoms with Crippen LogP contribution in [0.1, 0.15) is 19.4 Å². The highest BCUT2D eigenvalue weighted by Gasteiger charge is 2.29. The minimum absolute atomic E-state index is 0.00954. The molecule has 1 amide bonds. The van der Waals surface area contributed by atoms with Crippen LogP contribution in [0, 0.1) is 5.92 Å². The van der Waals surface area contributed by atoms with Crippen LogP contribution in [0.5, 0.6) is 0 Å². The number of hydrogen-bond donors (Lipinski definition) is 0. The van der Waals surface area contributed by atoms with Crippen molar-refractivity contribution in [2.24, 2.45) is 5.92 Å². The highest BCUT2D eigenvalue weighted by atomic mass is 35.5. The van der Waals surface area contributed by atoms with Crippen molar-refractivity contribution in [2.45, 2.75) is 26.3 Å². The topological polar surface area (TPSA) is 63.9 Å². The van der Waals surface area contributed by atoms with E-state index in [1.54, 1.807) is 11.0 Å². The van der Waals surface area contributed by atoms with E-state index in [0.29, 0.717) is 28.3 Å². The number of likely N-dealkylation sites (tertiary alicyclic amines) is 1. The van der Waals surface area contributed by atoms with Gasteiger partial charge in [-0.15, -0.1) is 0 Å². The maximum absolute atomic E-state index is 13.8. The van der Waals surface area contributed by atoms with E-state index in [2.05, 4.69) is 22.0 Å². The summed E-state index contributed by atoms with van der Waals surface area (Å²) in [5, 5.41) is 4.19. The third kappa shape index (κ3) is 3.44. The van der Waals surface area contributed by atoms with Gasteiger partial charge in [0.15, 0.2) is 5.65 Å². The zero-order valence-corrected chi connectivity index (χ0v) is 16.1. The Morgan fingerprint density at radius 1 is 1.32 bits per heavy atom. The smallest absolute Gasteiger partial charge is 0.271 e. The third-order valence-electron chi connectivity index (χ3n) is 4.78. The molecule has 146 valence electrons. The number of carbonyl (C=O) groups excluding carboxylic acids is 1. The lowest BCUT2D eigenvalue weighted by Crippen LogP contribution is -2.49. The van der Waals surface area contributed by atoms with E-state index in [0.717, 1.165) is 20.0 Å². The summed E-state index contributed by atoms with van der Waals surface area (Å²) in [6.07, 6.45) is 3.03. The maximum atomic E-state index is 13.8. The molecule has 28 heavy (non-hydrogen) atoms. The maximum Gasteiger partial charge on any atom is 0.271 e. The Hall–Kier alpha value is -2.61. The quantitative estimate of drug-likeness (QED) is 0.663. The SMILES string of the molecule is CC1CN(C(=O)Cn2ncc3ncc(-c4ccc(Cl)c(C(C)(F)F)c4)nc32)C1. The zero-order chi connectivity index (χ0) is 20.1. The molecule has 1 aromatic carbocycles. The largest absolute Gasteiger partial charge is 0.340 e. The first-order chi connectivity index (χ1) is 13.2. The normalized spacial score (nSPS) is 15.1. The first-order valence-corrected chi connectivity index (χ1v) is 9.24. The van der Waals surface area contributed by atoms with Gasteiger partial charge in [0, 0.05) is 36.2 Å². The van der Waals surface area contributed by atoms with Crippen molar-refractivity contribution < 1.29 is 13.6 Å². The van der Waals surface area contributed by atoms with Crippen molar-refractivity contribution in [3.63, 3.8) is 0 Å². The van der Waals surface area contributed by atoms with E-state index in [4.69, 9.17) is 11.6 Å². The fourth-order valence-electron chi connectivity index (χ4n) is 3.26. The lowest BCUT2D eigenvalue weighted by atomic mass is 10.0. The molecule has 9 heteroatoms. The van der Waals surface area contributed by atoms with Crippen LogP contribution in [0.2, 0.25) is 5.02 Å². The van der Waals surface area contributed by atoms with Gasteiger partial charge in [0.2, 0.25) is 5.91 Å². The summed E-state index contributed by atoms with van der Waals surface area (Å²) < 4.78 is 29.1. The number of nitrogens with zero attached hydrogens (tertiary/aromatic N) is 5. The summed E-state index contributed by atoms with van der Waals surface area (Å²) in [6.45, 7) is 4.43. The minimum atomic E-state index is -3.08. The Morgan fingerprint density at radius 2 is 2.07 bits per heavy atom. The van der Waals surface area contributed by atoms with Gasteiger partial charge < -0.3 is 4.90 Å². The number of amides is 1. The van der Waals surface area contributed by atoms with Crippen LogP contribution in [-0.4, -0.2) is 43.6 Å². The molecule has 0 aliphatic carbocycles. The summed E-state index contributed by atoms with van der Waals surface area (Å²) in [6, 6.07) is 4.34. The van der Waals surface area contributed by atoms with Crippen molar-refractivity contribution in [1.29, 1.82) is 0 Å². The van der Waals surface area contributed by atoms with Crippen LogP contribution >= 0.6 is 11.6 Å². The first kappa shape index (κ1) is 18.7. The highest BCUT2D eigenvalue weighted by molar-refractivity contribution is 6.31. The lowest BCUT2D eigenvalue weighted by Gasteiger charge is -2.37. The molecule has 6 nitrogen and oxygen atoms in total. The van der Waals surface area contributed by atoms with Crippen LogP contribution in [0.4, 0.5) is 8.78 Å². The number of hydrogen-bond acceptors (Lipinski definition) is 4. The van der Waals surface area contributed by atoms with Crippen LogP contribution in [0.3, 0.4) is 0 Å². The second-order valence-corrected chi connectivity index (χ2v) is 7.66. The van der Waals surface area contributed by atoms with Gasteiger partial charge >= 0.3 is 0 Å². The number of benzene rings is 1. The van der Waals surface area contributed by atoms with Gasteiger partial charge in [-0.25, -0.2) is 23.4 Å². The molecule has 1 fully saturated rings. The number of aromatic nitrogens is 4. The number of carbonyl (C=O) groups is 1. The van der Waals surface area contributed by atoms with Crippen molar-refractivity contribution in [2.75, 3.05) is 13.1 Å². The molecule has 0 N–H and O–H groups in total. The van der Waals surface area contributed by atoms with E-state index >= 15 is 0 Å². The summed E-state index contributed by atoms with van der Waals surface area (Å²) in [7, 11) is 0. The molecule has 3 aromatic rings. The lowest BCUT2D eigenvalue weighted by molar-refractivity contribution is -0.137. The van der Waals surface area contributed by atoms with Gasteiger partial charge in [0.05, 0.1) is 18.1 Å². The average molecular weight is 406 g/mol. The third-order valence-corrected chi connectivity index (χ3v) is 5.11. The second kappa shape index (κ2) is 6.77. The van der Waals surface area contributed by atoms with Crippen LogP contribution in [0.15, 0.2) is 30.6 Å². The second-order valence-electron chi connectivity index (χ2n) is 7.25. The Balaban J connectivity index is 1.67. The van der Waals surface area contributed by atoms with E-state index in [-0.39, 0.29) is 23.0 Å². The molecule has 1 aliphatic rings. The Kier molecular flexibility index (Phi) is 4.53. The van der Waals surface area contributed by atoms with Gasteiger partial charge in [0.1, 0.15) is 12.1 Å². The van der Waals surface area contributed by atoms with Crippen LogP contribution < -0.4 is 0 Å². The fraction of sp³-hybridized carbons (Fsp3) is 0.368. The summed E-state index contributed by atoms with van der Waals surface area (Å²) in [4.78, 5) is 22.9. The van der Waals surface area contributed by atoms with Crippen molar-refractivity contribution in [3.8, 4) is 11.3 Å². The van der Waals surface area contributed by atoms with Gasteiger partial charge in [-0.1, -0.05) is 24.6 Å². The molecule has 3 heterocycles. The summed E-state index contributed by atoms with van der Waals surface area (Å²) >= 11 is 5.92. The number of fused-ring (bicyclic) bond motifs is 1. The molecule has 0 spiro atoms. The van der Waals surface area contributed by atoms with E-state index in [9.17, 15) is 13.6 Å². The molecule has 1 saturated heterocycles. The minimum Gasteiger partial charge on any atom is -0.340 e. The zero-order valence-electron chi connectivity index (χ0n) is 15.4. The molecule has 0 radical (unpaired) electrons. The average Bonchev–Trinajstić information content (AvgIpc) is 3.00. The summed E-state index contributed by atoms with van der Waals surface area (Å²) in [5.74, 6) is -2.59. The van der Waals surface area contributed by atoms with Crippen molar-refractivity contribution >= 4 is 28.7 Å². The Bertz CT molecular complexity index is 1060. The number of rotatable bonds is 4. The molecule has 4 rings (SSSR count). The molecule has 0 unspecified atom stereocenters. The Morgan fingerprint density at radius 3 is 2.75 bits per heavy atom. The standard InChI is InChI=1S/C19H18ClF2N5O/c1-11-8-26(9-11)17(28)10-27-18-16(7-24-27)23-6-15(25-18)12-3-4-14(20)13(5-12)19(2,21)22/h3-7,11H,8-10H2,1-2H3. The molecule has 2 aromatic heterocycles. The van der Waals surface area contributed by atoms with E-state index < -0.39 is 5.92 Å².